The van der Waals surface area contributed by atoms with Crippen molar-refractivity contribution in [2.45, 2.75) is 104 Å². The van der Waals surface area contributed by atoms with E-state index in [1.165, 1.54) is 100 Å². The molecule has 0 bridgehead atoms. The fourth-order valence-electron chi connectivity index (χ4n) is 4.58. The Balaban J connectivity index is 1.52. The number of unbranched alkanes of at least 4 members (excludes halogenated alkanes) is 7. The number of nitrogens with zero attached hydrogens (tertiary/aromatic N) is 2. The van der Waals surface area contributed by atoms with Gasteiger partial charge in [0.15, 0.2) is 5.82 Å². The lowest BCUT2D eigenvalue weighted by molar-refractivity contribution is 0.401. The van der Waals surface area contributed by atoms with Crippen LogP contribution in [0.25, 0.3) is 11.4 Å². The number of aryl methyl sites for hydroxylation is 2. The predicted molar refractivity (Wildman–Crippen MR) is 124 cm³/mol. The van der Waals surface area contributed by atoms with Crippen LogP contribution in [0.3, 0.4) is 0 Å². The summed E-state index contributed by atoms with van der Waals surface area (Å²) in [5, 5.41) is 0. The summed E-state index contributed by atoms with van der Waals surface area (Å²) in [4.78, 5) is 9.66. The second-order valence-corrected chi connectivity index (χ2v) is 8.98. The minimum Gasteiger partial charge on any atom is -0.236 e. The molecule has 1 atom stereocenters. The van der Waals surface area contributed by atoms with Gasteiger partial charge in [-0.1, -0.05) is 95.9 Å². The van der Waals surface area contributed by atoms with Crippen LogP contribution in [0, 0.1) is 5.92 Å². The van der Waals surface area contributed by atoms with E-state index in [9.17, 15) is 0 Å². The standard InChI is InChI=1S/C27H40N2/c1-3-5-7-9-11-12-22-14-17-24(18-15-22)27-28-21-25-20-23(13-10-8-6-4-2)16-19-26(25)29-27/h14-15,17-18,21,23H,3-13,16,19-20H2,1-2H3. The van der Waals surface area contributed by atoms with Crippen molar-refractivity contribution in [1.82, 2.24) is 9.97 Å². The lowest BCUT2D eigenvalue weighted by Gasteiger charge is -2.24. The van der Waals surface area contributed by atoms with Crippen LogP contribution in [-0.4, -0.2) is 9.97 Å². The quantitative estimate of drug-likeness (QED) is 0.345. The molecule has 1 aromatic heterocycles. The summed E-state index contributed by atoms with van der Waals surface area (Å²) in [6.45, 7) is 4.56. The molecule has 0 saturated carbocycles. The number of fused-ring (bicyclic) bond motifs is 1. The predicted octanol–water partition coefficient (Wildman–Crippen LogP) is 7.73. The number of hydrogen-bond donors (Lipinski definition) is 0. The van der Waals surface area contributed by atoms with E-state index in [0.29, 0.717) is 0 Å². The Morgan fingerprint density at radius 2 is 1.59 bits per heavy atom. The molecule has 158 valence electrons. The monoisotopic (exact) mass is 392 g/mol. The van der Waals surface area contributed by atoms with Gasteiger partial charge in [0, 0.05) is 17.5 Å². The van der Waals surface area contributed by atoms with Crippen molar-refractivity contribution in [3.05, 3.63) is 47.3 Å². The van der Waals surface area contributed by atoms with E-state index in [-0.39, 0.29) is 0 Å². The molecule has 1 aromatic carbocycles. The average Bonchev–Trinajstić information content (AvgIpc) is 2.76. The fraction of sp³-hybridized carbons (Fsp3) is 0.630. The Morgan fingerprint density at radius 3 is 2.34 bits per heavy atom. The molecule has 2 nitrogen and oxygen atoms in total. The molecular formula is C27H40N2. The van der Waals surface area contributed by atoms with Crippen molar-refractivity contribution < 1.29 is 0 Å². The number of benzene rings is 1. The van der Waals surface area contributed by atoms with Crippen molar-refractivity contribution in [2.75, 3.05) is 0 Å². The molecule has 29 heavy (non-hydrogen) atoms. The highest BCUT2D eigenvalue weighted by Crippen LogP contribution is 2.29. The van der Waals surface area contributed by atoms with E-state index in [4.69, 9.17) is 9.97 Å². The Morgan fingerprint density at radius 1 is 0.862 bits per heavy atom. The van der Waals surface area contributed by atoms with Gasteiger partial charge in [-0.15, -0.1) is 0 Å². The first-order valence-electron chi connectivity index (χ1n) is 12.2. The minimum absolute atomic E-state index is 0.838. The molecule has 1 unspecified atom stereocenters. The third kappa shape index (κ3) is 6.94. The van der Waals surface area contributed by atoms with E-state index in [1.807, 2.05) is 0 Å². The fourth-order valence-corrected chi connectivity index (χ4v) is 4.58. The first-order chi connectivity index (χ1) is 14.3. The minimum atomic E-state index is 0.838. The summed E-state index contributed by atoms with van der Waals surface area (Å²) in [6, 6.07) is 8.96. The van der Waals surface area contributed by atoms with Gasteiger partial charge in [0.05, 0.1) is 0 Å². The zero-order valence-corrected chi connectivity index (χ0v) is 18.8. The SMILES string of the molecule is CCCCCCCc1ccc(-c2ncc3c(n2)CCC(CCCCCC)C3)cc1. The highest BCUT2D eigenvalue weighted by Gasteiger charge is 2.20. The van der Waals surface area contributed by atoms with Gasteiger partial charge in [-0.3, -0.25) is 0 Å². The largest absolute Gasteiger partial charge is 0.236 e. The molecule has 1 heterocycles. The molecule has 2 heteroatoms. The van der Waals surface area contributed by atoms with E-state index in [2.05, 4.69) is 44.3 Å². The summed E-state index contributed by atoms with van der Waals surface area (Å²) >= 11 is 0. The summed E-state index contributed by atoms with van der Waals surface area (Å²) in [5.41, 5.74) is 5.28. The maximum Gasteiger partial charge on any atom is 0.159 e. The molecular weight excluding hydrogens is 352 g/mol. The van der Waals surface area contributed by atoms with E-state index < -0.39 is 0 Å². The van der Waals surface area contributed by atoms with Gasteiger partial charge in [-0.25, -0.2) is 9.97 Å². The molecule has 0 saturated heterocycles. The number of hydrogen-bond acceptors (Lipinski definition) is 2. The molecule has 1 aliphatic carbocycles. The van der Waals surface area contributed by atoms with Crippen LogP contribution in [0.2, 0.25) is 0 Å². The molecule has 0 fully saturated rings. The number of rotatable bonds is 12. The average molecular weight is 393 g/mol. The molecule has 0 N–H and O–H groups in total. The van der Waals surface area contributed by atoms with Crippen molar-refractivity contribution in [3.8, 4) is 11.4 Å². The van der Waals surface area contributed by atoms with Crippen LogP contribution < -0.4 is 0 Å². The van der Waals surface area contributed by atoms with E-state index in [0.717, 1.165) is 23.7 Å². The van der Waals surface area contributed by atoms with Crippen LogP contribution in [0.4, 0.5) is 0 Å². The highest BCUT2D eigenvalue weighted by atomic mass is 14.9. The first kappa shape index (κ1) is 22.0. The second kappa shape index (κ2) is 12.1. The van der Waals surface area contributed by atoms with Crippen LogP contribution in [0.5, 0.6) is 0 Å². The zero-order valence-electron chi connectivity index (χ0n) is 18.8. The van der Waals surface area contributed by atoms with Crippen molar-refractivity contribution >= 4 is 0 Å². The Bertz CT molecular complexity index is 720. The summed E-state index contributed by atoms with van der Waals surface area (Å²) in [6.07, 6.45) is 20.5. The van der Waals surface area contributed by atoms with Crippen LogP contribution in [0.15, 0.2) is 30.5 Å². The normalized spacial score (nSPS) is 16.0. The van der Waals surface area contributed by atoms with Crippen molar-refractivity contribution in [3.63, 3.8) is 0 Å². The van der Waals surface area contributed by atoms with Crippen LogP contribution >= 0.6 is 0 Å². The second-order valence-electron chi connectivity index (χ2n) is 8.98. The third-order valence-electron chi connectivity index (χ3n) is 6.50. The summed E-state index contributed by atoms with van der Waals surface area (Å²) in [5.74, 6) is 1.74. The van der Waals surface area contributed by atoms with Gasteiger partial charge in [-0.05, 0) is 49.1 Å². The van der Waals surface area contributed by atoms with Crippen molar-refractivity contribution in [1.29, 1.82) is 0 Å². The number of aromatic nitrogens is 2. The first-order valence-corrected chi connectivity index (χ1v) is 12.2. The molecule has 0 spiro atoms. The maximum absolute atomic E-state index is 4.94. The molecule has 2 aromatic rings. The molecule has 0 aliphatic heterocycles. The lowest BCUT2D eigenvalue weighted by atomic mass is 9.84. The van der Waals surface area contributed by atoms with Gasteiger partial charge in [0.25, 0.3) is 0 Å². The smallest absolute Gasteiger partial charge is 0.159 e. The van der Waals surface area contributed by atoms with Gasteiger partial charge < -0.3 is 0 Å². The van der Waals surface area contributed by atoms with Crippen LogP contribution in [0.1, 0.15) is 101 Å². The van der Waals surface area contributed by atoms with Gasteiger partial charge in [0.1, 0.15) is 0 Å². The Hall–Kier alpha value is -1.70. The Labute approximate surface area is 178 Å². The van der Waals surface area contributed by atoms with E-state index in [1.54, 1.807) is 0 Å². The van der Waals surface area contributed by atoms with Crippen molar-refractivity contribution in [2.24, 2.45) is 5.92 Å². The van der Waals surface area contributed by atoms with E-state index >= 15 is 0 Å². The van der Waals surface area contributed by atoms with Gasteiger partial charge in [-0.2, -0.15) is 0 Å². The maximum atomic E-state index is 4.94. The summed E-state index contributed by atoms with van der Waals surface area (Å²) in [7, 11) is 0. The van der Waals surface area contributed by atoms with Gasteiger partial charge in [0.2, 0.25) is 0 Å². The Kier molecular flexibility index (Phi) is 9.18. The van der Waals surface area contributed by atoms with Gasteiger partial charge >= 0.3 is 0 Å². The highest BCUT2D eigenvalue weighted by molar-refractivity contribution is 5.55. The summed E-state index contributed by atoms with van der Waals surface area (Å²) < 4.78 is 0. The lowest BCUT2D eigenvalue weighted by Crippen LogP contribution is -2.16. The topological polar surface area (TPSA) is 25.8 Å². The molecule has 0 radical (unpaired) electrons. The molecule has 1 aliphatic rings. The zero-order chi connectivity index (χ0) is 20.3. The third-order valence-corrected chi connectivity index (χ3v) is 6.50. The van der Waals surface area contributed by atoms with Crippen LogP contribution in [-0.2, 0) is 19.3 Å². The molecule has 3 rings (SSSR count). The molecule has 0 amide bonds.